The van der Waals surface area contributed by atoms with E-state index in [9.17, 15) is 14.7 Å². The molecule has 3 rings (SSSR count). The van der Waals surface area contributed by atoms with Gasteiger partial charge in [0.05, 0.1) is 0 Å². The minimum absolute atomic E-state index is 0.297. The third-order valence-corrected chi connectivity index (χ3v) is 3.95. The zero-order chi connectivity index (χ0) is 20.6. The highest BCUT2D eigenvalue weighted by Gasteiger charge is 2.13. The molecule has 3 aromatic rings. The average molecular weight is 393 g/mol. The van der Waals surface area contributed by atoms with Crippen molar-refractivity contribution in [3.63, 3.8) is 0 Å². The summed E-state index contributed by atoms with van der Waals surface area (Å²) in [6.45, 7) is 0.666. The number of aliphatic carboxylic acids is 1. The van der Waals surface area contributed by atoms with E-state index < -0.39 is 12.0 Å². The lowest BCUT2D eigenvalue weighted by molar-refractivity contribution is -0.129. The standard InChI is InChI=1S/C21H19N3O5/c22-21(27)24-23-19(20(25)26)15-6-8-17(9-7-15)28-11-12-29-18-10-5-14-3-1-2-4-16(14)13-18/h1-10,13H,11-12H2,(H,25,26)(H3,22,24,27)/b23-19-. The molecule has 8 nitrogen and oxygen atoms in total. The third kappa shape index (κ3) is 5.46. The molecule has 0 aliphatic rings. The van der Waals surface area contributed by atoms with Crippen LogP contribution in [0.3, 0.4) is 0 Å². The Morgan fingerprint density at radius 3 is 2.17 bits per heavy atom. The van der Waals surface area contributed by atoms with Gasteiger partial charge in [-0.2, -0.15) is 5.10 Å². The van der Waals surface area contributed by atoms with Gasteiger partial charge in [-0.1, -0.05) is 30.3 Å². The van der Waals surface area contributed by atoms with Crippen LogP contribution in [0.2, 0.25) is 0 Å². The molecule has 148 valence electrons. The van der Waals surface area contributed by atoms with Crippen molar-refractivity contribution in [3.8, 4) is 11.5 Å². The smallest absolute Gasteiger partial charge is 0.356 e. The normalized spacial score (nSPS) is 11.1. The molecule has 8 heteroatoms. The molecule has 0 heterocycles. The Hall–Kier alpha value is -4.07. The number of urea groups is 1. The van der Waals surface area contributed by atoms with Crippen molar-refractivity contribution >= 4 is 28.5 Å². The maximum Gasteiger partial charge on any atom is 0.356 e. The van der Waals surface area contributed by atoms with Gasteiger partial charge < -0.3 is 20.3 Å². The second-order valence-electron chi connectivity index (χ2n) is 5.97. The number of carboxylic acid groups (broad SMARTS) is 1. The molecule has 0 aromatic heterocycles. The van der Waals surface area contributed by atoms with Gasteiger partial charge in [0, 0.05) is 5.56 Å². The highest BCUT2D eigenvalue weighted by atomic mass is 16.5. The van der Waals surface area contributed by atoms with Gasteiger partial charge >= 0.3 is 12.0 Å². The van der Waals surface area contributed by atoms with E-state index >= 15 is 0 Å². The minimum atomic E-state index is -1.30. The van der Waals surface area contributed by atoms with E-state index in [1.807, 2.05) is 47.9 Å². The van der Waals surface area contributed by atoms with Crippen LogP contribution >= 0.6 is 0 Å². The van der Waals surface area contributed by atoms with Gasteiger partial charge in [0.15, 0.2) is 5.71 Å². The van der Waals surface area contributed by atoms with E-state index in [4.69, 9.17) is 15.2 Å². The fourth-order valence-electron chi connectivity index (χ4n) is 2.63. The SMILES string of the molecule is NC(=O)N/N=C(\C(=O)O)c1ccc(OCCOc2ccc3ccccc3c2)cc1. The van der Waals surface area contributed by atoms with Crippen LogP contribution in [-0.4, -0.2) is 36.0 Å². The molecule has 0 radical (unpaired) electrons. The average Bonchev–Trinajstić information content (AvgIpc) is 2.72. The number of ether oxygens (including phenoxy) is 2. The van der Waals surface area contributed by atoms with Crippen LogP contribution < -0.4 is 20.6 Å². The van der Waals surface area contributed by atoms with E-state index in [2.05, 4.69) is 5.10 Å². The number of primary amides is 1. The molecule has 0 aliphatic carbocycles. The molecule has 0 atom stereocenters. The molecular formula is C21H19N3O5. The zero-order valence-corrected chi connectivity index (χ0v) is 15.4. The third-order valence-electron chi connectivity index (χ3n) is 3.95. The first kappa shape index (κ1) is 19.7. The van der Waals surface area contributed by atoms with Crippen molar-refractivity contribution in [2.75, 3.05) is 13.2 Å². The Kier molecular flexibility index (Phi) is 6.26. The van der Waals surface area contributed by atoms with Crippen molar-refractivity contribution in [2.45, 2.75) is 0 Å². The Balaban J connectivity index is 1.53. The predicted octanol–water partition coefficient (Wildman–Crippen LogP) is 2.75. The Labute approximate surface area is 166 Å². The molecule has 0 unspecified atom stereocenters. The largest absolute Gasteiger partial charge is 0.490 e. The molecule has 0 saturated heterocycles. The van der Waals surface area contributed by atoms with E-state index in [0.29, 0.717) is 24.5 Å². The molecule has 0 fully saturated rings. The van der Waals surface area contributed by atoms with Crippen molar-refractivity contribution in [2.24, 2.45) is 10.8 Å². The van der Waals surface area contributed by atoms with Crippen molar-refractivity contribution < 1.29 is 24.2 Å². The second-order valence-corrected chi connectivity index (χ2v) is 5.97. The number of carboxylic acids is 1. The number of hydrazone groups is 1. The molecule has 0 bridgehead atoms. The monoisotopic (exact) mass is 393 g/mol. The van der Waals surface area contributed by atoms with Crippen LogP contribution in [0.15, 0.2) is 71.8 Å². The summed E-state index contributed by atoms with van der Waals surface area (Å²) in [5.41, 5.74) is 6.76. The van der Waals surface area contributed by atoms with Gasteiger partial charge in [0.2, 0.25) is 0 Å². The first-order valence-corrected chi connectivity index (χ1v) is 8.74. The molecule has 29 heavy (non-hydrogen) atoms. The highest BCUT2D eigenvalue weighted by molar-refractivity contribution is 6.42. The number of hydrogen-bond acceptors (Lipinski definition) is 5. The second kappa shape index (κ2) is 9.23. The van der Waals surface area contributed by atoms with Crippen molar-refractivity contribution in [1.29, 1.82) is 0 Å². The van der Waals surface area contributed by atoms with Crippen molar-refractivity contribution in [3.05, 3.63) is 72.3 Å². The summed E-state index contributed by atoms with van der Waals surface area (Å²) in [6.07, 6.45) is 0. The molecule has 2 amide bonds. The van der Waals surface area contributed by atoms with E-state index in [0.717, 1.165) is 16.5 Å². The fraction of sp³-hybridized carbons (Fsp3) is 0.0952. The first-order valence-electron chi connectivity index (χ1n) is 8.74. The van der Waals surface area contributed by atoms with Gasteiger partial charge in [-0.25, -0.2) is 15.0 Å². The molecule has 4 N–H and O–H groups in total. The van der Waals surface area contributed by atoms with Gasteiger partial charge in [0.25, 0.3) is 0 Å². The van der Waals surface area contributed by atoms with Crippen LogP contribution in [0, 0.1) is 0 Å². The topological polar surface area (TPSA) is 123 Å². The van der Waals surface area contributed by atoms with Gasteiger partial charge in [-0.3, -0.25) is 0 Å². The van der Waals surface area contributed by atoms with Crippen LogP contribution in [0.5, 0.6) is 11.5 Å². The molecule has 3 aromatic carbocycles. The first-order chi connectivity index (χ1) is 14.0. The number of amides is 2. The number of carbonyl (C=O) groups excluding carboxylic acids is 1. The summed E-state index contributed by atoms with van der Waals surface area (Å²) < 4.78 is 11.3. The molecular weight excluding hydrogens is 374 g/mol. The van der Waals surface area contributed by atoms with Crippen molar-refractivity contribution in [1.82, 2.24) is 5.43 Å². The summed E-state index contributed by atoms with van der Waals surface area (Å²) in [4.78, 5) is 22.0. The Morgan fingerprint density at radius 2 is 1.52 bits per heavy atom. The summed E-state index contributed by atoms with van der Waals surface area (Å²) in [7, 11) is 0. The van der Waals surface area contributed by atoms with Gasteiger partial charge in [-0.05, 0) is 47.2 Å². The summed E-state index contributed by atoms with van der Waals surface area (Å²) in [5, 5.41) is 14.9. The lowest BCUT2D eigenvalue weighted by atomic mass is 10.1. The summed E-state index contributed by atoms with van der Waals surface area (Å²) in [6, 6.07) is 19.2. The zero-order valence-electron chi connectivity index (χ0n) is 15.4. The number of carbonyl (C=O) groups is 2. The quantitative estimate of drug-likeness (QED) is 0.308. The number of nitrogens with one attached hydrogen (secondary N) is 1. The maximum absolute atomic E-state index is 11.3. The molecule has 0 aliphatic heterocycles. The van der Waals surface area contributed by atoms with Gasteiger partial charge in [0.1, 0.15) is 24.7 Å². The predicted molar refractivity (Wildman–Crippen MR) is 108 cm³/mol. The van der Waals surface area contributed by atoms with Crippen LogP contribution in [0.1, 0.15) is 5.56 Å². The molecule has 0 saturated carbocycles. The fourth-order valence-corrected chi connectivity index (χ4v) is 2.63. The summed E-state index contributed by atoms with van der Waals surface area (Å²) >= 11 is 0. The van der Waals surface area contributed by atoms with Gasteiger partial charge in [-0.15, -0.1) is 0 Å². The van der Waals surface area contributed by atoms with E-state index in [-0.39, 0.29) is 5.71 Å². The lowest BCUT2D eigenvalue weighted by Crippen LogP contribution is -2.28. The summed E-state index contributed by atoms with van der Waals surface area (Å²) in [5.74, 6) is 0.00609. The Bertz CT molecular complexity index is 1050. The van der Waals surface area contributed by atoms with E-state index in [1.54, 1.807) is 12.1 Å². The number of nitrogens with zero attached hydrogens (tertiary/aromatic N) is 1. The number of benzene rings is 3. The number of nitrogens with two attached hydrogens (primary N) is 1. The number of fused-ring (bicyclic) bond motifs is 1. The van der Waals surface area contributed by atoms with Crippen LogP contribution in [0.25, 0.3) is 10.8 Å². The number of rotatable bonds is 8. The highest BCUT2D eigenvalue weighted by Crippen LogP contribution is 2.20. The van der Waals surface area contributed by atoms with E-state index in [1.165, 1.54) is 12.1 Å². The Morgan fingerprint density at radius 1 is 0.897 bits per heavy atom. The number of hydrogen-bond donors (Lipinski definition) is 3. The molecule has 0 spiro atoms. The minimum Gasteiger partial charge on any atom is -0.490 e. The maximum atomic E-state index is 11.3. The van der Waals surface area contributed by atoms with Crippen LogP contribution in [-0.2, 0) is 4.79 Å². The lowest BCUT2D eigenvalue weighted by Gasteiger charge is -2.10. The van der Waals surface area contributed by atoms with Crippen LogP contribution in [0.4, 0.5) is 4.79 Å².